The van der Waals surface area contributed by atoms with E-state index >= 15 is 0 Å². The molecule has 2 fully saturated rings. The molecule has 1 unspecified atom stereocenters. The molecule has 2 heterocycles. The number of ether oxygens (including phenoxy) is 1. The number of aryl methyl sites for hydroxylation is 1. The smallest absolute Gasteiger partial charge is 0.270 e. The average Bonchev–Trinajstić information content (AvgIpc) is 3.07. The molecule has 0 aromatic carbocycles. The van der Waals surface area contributed by atoms with E-state index in [0.717, 1.165) is 38.0 Å². The molecule has 2 N–H and O–H groups in total. The van der Waals surface area contributed by atoms with Gasteiger partial charge in [0.25, 0.3) is 5.91 Å². The molecule has 1 aliphatic heterocycles. The van der Waals surface area contributed by atoms with Gasteiger partial charge >= 0.3 is 0 Å². The molecular formula is C14H20N4O2. The van der Waals surface area contributed by atoms with Gasteiger partial charge in [0.1, 0.15) is 5.69 Å². The molecule has 20 heavy (non-hydrogen) atoms. The van der Waals surface area contributed by atoms with Crippen molar-refractivity contribution < 1.29 is 9.53 Å². The van der Waals surface area contributed by atoms with Crippen LogP contribution in [-0.2, 0) is 4.74 Å². The van der Waals surface area contributed by atoms with E-state index in [2.05, 4.69) is 20.6 Å². The molecule has 0 radical (unpaired) electrons. The van der Waals surface area contributed by atoms with Gasteiger partial charge in [-0.3, -0.25) is 4.79 Å². The van der Waals surface area contributed by atoms with E-state index in [-0.39, 0.29) is 12.0 Å². The molecule has 6 nitrogen and oxygen atoms in total. The molecule has 1 aromatic rings. The maximum atomic E-state index is 12.1. The third kappa shape index (κ3) is 3.45. The number of amides is 1. The lowest BCUT2D eigenvalue weighted by Crippen LogP contribution is -2.32. The monoisotopic (exact) mass is 276 g/mol. The summed E-state index contributed by atoms with van der Waals surface area (Å²) in [5.41, 5.74) is 1.21. The van der Waals surface area contributed by atoms with Gasteiger partial charge in [-0.25, -0.2) is 9.97 Å². The molecule has 6 heteroatoms. The number of anilines is 1. The van der Waals surface area contributed by atoms with E-state index < -0.39 is 0 Å². The van der Waals surface area contributed by atoms with Crippen LogP contribution in [0.3, 0.4) is 0 Å². The van der Waals surface area contributed by atoms with Gasteiger partial charge in [-0.1, -0.05) is 0 Å². The van der Waals surface area contributed by atoms with E-state index in [9.17, 15) is 4.79 Å². The van der Waals surface area contributed by atoms with Crippen molar-refractivity contribution in [2.75, 3.05) is 18.5 Å². The normalized spacial score (nSPS) is 21.8. The van der Waals surface area contributed by atoms with Crippen LogP contribution >= 0.6 is 0 Å². The second-order valence-electron chi connectivity index (χ2n) is 5.48. The Bertz CT molecular complexity index is 496. The number of rotatable bonds is 5. The molecule has 0 bridgehead atoms. The summed E-state index contributed by atoms with van der Waals surface area (Å²) in [7, 11) is 0. The molecule has 108 valence electrons. The number of nitrogens with one attached hydrogen (secondary N) is 2. The highest BCUT2D eigenvalue weighted by Crippen LogP contribution is 2.23. The van der Waals surface area contributed by atoms with Gasteiger partial charge in [-0.2, -0.15) is 0 Å². The molecule has 2 aliphatic rings. The number of nitrogens with zero attached hydrogens (tertiary/aromatic N) is 2. The first kappa shape index (κ1) is 13.3. The summed E-state index contributed by atoms with van der Waals surface area (Å²) >= 11 is 0. The fraction of sp³-hybridized carbons (Fsp3) is 0.643. The minimum absolute atomic E-state index is 0.144. The van der Waals surface area contributed by atoms with Gasteiger partial charge in [0.05, 0.1) is 6.10 Å². The summed E-state index contributed by atoms with van der Waals surface area (Å²) in [6, 6.07) is 2.18. The van der Waals surface area contributed by atoms with E-state index in [0.29, 0.717) is 24.2 Å². The molecular weight excluding hydrogens is 256 g/mol. The van der Waals surface area contributed by atoms with Gasteiger partial charge in [0.2, 0.25) is 5.95 Å². The van der Waals surface area contributed by atoms with E-state index in [1.165, 1.54) is 0 Å². The zero-order chi connectivity index (χ0) is 13.9. The molecule has 1 saturated carbocycles. The van der Waals surface area contributed by atoms with Crippen molar-refractivity contribution in [3.63, 3.8) is 0 Å². The van der Waals surface area contributed by atoms with Crippen LogP contribution < -0.4 is 10.6 Å². The summed E-state index contributed by atoms with van der Waals surface area (Å²) < 4.78 is 5.49. The fourth-order valence-corrected chi connectivity index (χ4v) is 2.26. The lowest BCUT2D eigenvalue weighted by Gasteiger charge is -2.11. The number of carbonyl (C=O) groups excluding carboxylic acids is 1. The Labute approximate surface area is 118 Å². The second kappa shape index (κ2) is 5.75. The Balaban J connectivity index is 1.61. The van der Waals surface area contributed by atoms with Crippen molar-refractivity contribution in [2.45, 2.75) is 44.8 Å². The summed E-state index contributed by atoms with van der Waals surface area (Å²) in [6.45, 7) is 3.21. The quantitative estimate of drug-likeness (QED) is 0.847. The highest BCUT2D eigenvalue weighted by molar-refractivity contribution is 5.92. The van der Waals surface area contributed by atoms with Crippen molar-refractivity contribution in [3.05, 3.63) is 17.5 Å². The molecule has 3 rings (SSSR count). The maximum absolute atomic E-state index is 12.1. The van der Waals surface area contributed by atoms with Crippen LogP contribution in [0.2, 0.25) is 0 Å². The van der Waals surface area contributed by atoms with Gasteiger partial charge in [-0.05, 0) is 38.7 Å². The van der Waals surface area contributed by atoms with Gasteiger partial charge in [-0.15, -0.1) is 0 Å². The molecule has 0 spiro atoms. The first-order valence-corrected chi connectivity index (χ1v) is 7.23. The number of carbonyl (C=O) groups is 1. The Morgan fingerprint density at radius 2 is 2.25 bits per heavy atom. The van der Waals surface area contributed by atoms with Crippen LogP contribution in [0.5, 0.6) is 0 Å². The molecule has 1 amide bonds. The van der Waals surface area contributed by atoms with E-state index in [1.807, 2.05) is 6.92 Å². The van der Waals surface area contributed by atoms with Crippen LogP contribution in [0.1, 0.15) is 41.9 Å². The third-order valence-corrected chi connectivity index (χ3v) is 3.51. The standard InChI is InChI=1S/C14H20N4O2/c1-9-7-12(18-14(16-9)17-10-4-5-10)13(19)15-8-11-3-2-6-20-11/h7,10-11H,2-6,8H2,1H3,(H,15,19)(H,16,17,18). The largest absolute Gasteiger partial charge is 0.376 e. The average molecular weight is 276 g/mol. The molecule has 1 saturated heterocycles. The topological polar surface area (TPSA) is 76.1 Å². The van der Waals surface area contributed by atoms with Crippen LogP contribution in [-0.4, -0.2) is 41.2 Å². The zero-order valence-corrected chi connectivity index (χ0v) is 11.7. The van der Waals surface area contributed by atoms with Crippen molar-refractivity contribution >= 4 is 11.9 Å². The van der Waals surface area contributed by atoms with Crippen molar-refractivity contribution in [1.29, 1.82) is 0 Å². The first-order chi connectivity index (χ1) is 9.70. The third-order valence-electron chi connectivity index (χ3n) is 3.51. The minimum Gasteiger partial charge on any atom is -0.376 e. The second-order valence-corrected chi connectivity index (χ2v) is 5.48. The van der Waals surface area contributed by atoms with Crippen LogP contribution in [0.4, 0.5) is 5.95 Å². The van der Waals surface area contributed by atoms with Crippen molar-refractivity contribution in [1.82, 2.24) is 15.3 Å². The summed E-state index contributed by atoms with van der Waals surface area (Å²) in [5.74, 6) is 0.389. The maximum Gasteiger partial charge on any atom is 0.270 e. The van der Waals surface area contributed by atoms with Crippen molar-refractivity contribution in [2.24, 2.45) is 0 Å². The van der Waals surface area contributed by atoms with E-state index in [4.69, 9.17) is 4.74 Å². The van der Waals surface area contributed by atoms with Gasteiger partial charge in [0.15, 0.2) is 0 Å². The molecule has 1 aromatic heterocycles. The van der Waals surface area contributed by atoms with E-state index in [1.54, 1.807) is 6.07 Å². The Kier molecular flexibility index (Phi) is 3.82. The number of aromatic nitrogens is 2. The van der Waals surface area contributed by atoms with Crippen LogP contribution in [0.15, 0.2) is 6.07 Å². The lowest BCUT2D eigenvalue weighted by molar-refractivity contribution is 0.0853. The number of hydrogen-bond donors (Lipinski definition) is 2. The summed E-state index contributed by atoms with van der Waals surface area (Å²) in [5, 5.41) is 6.10. The molecule has 1 atom stereocenters. The van der Waals surface area contributed by atoms with Crippen LogP contribution in [0.25, 0.3) is 0 Å². The number of hydrogen-bond acceptors (Lipinski definition) is 5. The van der Waals surface area contributed by atoms with Crippen molar-refractivity contribution in [3.8, 4) is 0 Å². The highest BCUT2D eigenvalue weighted by Gasteiger charge is 2.23. The predicted octanol–water partition coefficient (Wildman–Crippen LogP) is 1.27. The summed E-state index contributed by atoms with van der Waals surface area (Å²) in [6.07, 6.45) is 4.53. The Morgan fingerprint density at radius 1 is 1.40 bits per heavy atom. The lowest BCUT2D eigenvalue weighted by atomic mass is 10.2. The predicted molar refractivity (Wildman–Crippen MR) is 74.7 cm³/mol. The minimum atomic E-state index is -0.162. The zero-order valence-electron chi connectivity index (χ0n) is 11.7. The SMILES string of the molecule is Cc1cc(C(=O)NCC2CCCO2)nc(NC2CC2)n1. The molecule has 1 aliphatic carbocycles. The summed E-state index contributed by atoms with van der Waals surface area (Å²) in [4.78, 5) is 20.7. The van der Waals surface area contributed by atoms with Crippen LogP contribution in [0, 0.1) is 6.92 Å². The highest BCUT2D eigenvalue weighted by atomic mass is 16.5. The Morgan fingerprint density at radius 3 is 2.95 bits per heavy atom. The Hall–Kier alpha value is -1.69. The van der Waals surface area contributed by atoms with Gasteiger partial charge < -0.3 is 15.4 Å². The van der Waals surface area contributed by atoms with Gasteiger partial charge in [0, 0.05) is 24.9 Å². The fourth-order valence-electron chi connectivity index (χ4n) is 2.26. The first-order valence-electron chi connectivity index (χ1n) is 7.23.